The molecule has 0 atom stereocenters. The molecule has 2 aromatic rings. The lowest BCUT2D eigenvalue weighted by molar-refractivity contribution is 0.354. The van der Waals surface area contributed by atoms with E-state index in [1.54, 1.807) is 11.3 Å². The zero-order valence-electron chi connectivity index (χ0n) is 12.5. The number of nitrogens with zero attached hydrogens (tertiary/aromatic N) is 4. The minimum atomic E-state index is -0.0141. The van der Waals surface area contributed by atoms with Gasteiger partial charge in [0.15, 0.2) is 5.82 Å². The molecule has 0 radical (unpaired) electrons. The fraction of sp³-hybridized carbons (Fsp3) is 0.786. The van der Waals surface area contributed by atoms with Crippen LogP contribution in [0.3, 0.4) is 0 Å². The van der Waals surface area contributed by atoms with Crippen molar-refractivity contribution in [3.63, 3.8) is 0 Å². The number of aryl methyl sites for hydroxylation is 1. The van der Waals surface area contributed by atoms with Crippen LogP contribution in [0.1, 0.15) is 50.9 Å². The third-order valence-corrected chi connectivity index (χ3v) is 4.89. The van der Waals surface area contributed by atoms with E-state index in [0.29, 0.717) is 0 Å². The Kier molecular flexibility index (Phi) is 3.77. The van der Waals surface area contributed by atoms with Crippen LogP contribution in [0.4, 0.5) is 0 Å². The average molecular weight is 293 g/mol. The highest BCUT2D eigenvalue weighted by atomic mass is 32.1. The molecule has 1 aliphatic rings. The summed E-state index contributed by atoms with van der Waals surface area (Å²) in [7, 11) is 0. The van der Waals surface area contributed by atoms with Gasteiger partial charge in [0.1, 0.15) is 5.01 Å². The Morgan fingerprint density at radius 3 is 2.70 bits per heavy atom. The van der Waals surface area contributed by atoms with Gasteiger partial charge in [-0.2, -0.15) is 9.61 Å². The van der Waals surface area contributed by atoms with Gasteiger partial charge in [-0.15, -0.1) is 10.2 Å². The topological polar surface area (TPSA) is 55.1 Å². The summed E-state index contributed by atoms with van der Waals surface area (Å²) in [5.74, 6) is 1.81. The molecule has 1 aliphatic heterocycles. The highest BCUT2D eigenvalue weighted by Crippen LogP contribution is 2.25. The minimum absolute atomic E-state index is 0.0141. The molecular weight excluding hydrogens is 270 g/mol. The molecule has 0 saturated carbocycles. The van der Waals surface area contributed by atoms with Crippen LogP contribution >= 0.6 is 11.3 Å². The van der Waals surface area contributed by atoms with E-state index in [9.17, 15) is 0 Å². The van der Waals surface area contributed by atoms with Gasteiger partial charge in [-0.05, 0) is 38.3 Å². The molecule has 1 fully saturated rings. The number of fused-ring (bicyclic) bond motifs is 1. The first-order valence-electron chi connectivity index (χ1n) is 7.46. The van der Waals surface area contributed by atoms with Crippen molar-refractivity contribution in [1.29, 1.82) is 0 Å². The van der Waals surface area contributed by atoms with E-state index in [1.165, 1.54) is 37.4 Å². The lowest BCUT2D eigenvalue weighted by Gasteiger charge is -2.21. The lowest BCUT2D eigenvalue weighted by atomic mass is 9.93. The number of rotatable bonds is 3. The molecule has 0 aliphatic carbocycles. The summed E-state index contributed by atoms with van der Waals surface area (Å²) < 4.78 is 1.93. The van der Waals surface area contributed by atoms with Crippen molar-refractivity contribution in [2.75, 3.05) is 13.1 Å². The molecule has 3 heterocycles. The van der Waals surface area contributed by atoms with Crippen LogP contribution in [0, 0.1) is 5.92 Å². The molecule has 1 N–H and O–H groups in total. The summed E-state index contributed by atoms with van der Waals surface area (Å²) in [6.45, 7) is 8.79. The van der Waals surface area contributed by atoms with Gasteiger partial charge in [0.2, 0.25) is 4.96 Å². The number of nitrogens with one attached hydrogen (secondary N) is 1. The fourth-order valence-corrected chi connectivity index (χ4v) is 3.57. The molecule has 20 heavy (non-hydrogen) atoms. The quantitative estimate of drug-likeness (QED) is 0.944. The Labute approximate surface area is 123 Å². The Morgan fingerprint density at radius 1 is 1.25 bits per heavy atom. The smallest absolute Gasteiger partial charge is 0.234 e. The first-order chi connectivity index (χ1) is 9.54. The first kappa shape index (κ1) is 13.9. The standard InChI is InChI=1S/C14H23N5S/c1-14(2,3)12-16-17-13-19(12)18-11(20-13)5-4-10-6-8-15-9-7-10/h10,15H,4-9H2,1-3H3. The largest absolute Gasteiger partial charge is 0.317 e. The first-order valence-corrected chi connectivity index (χ1v) is 8.28. The number of hydrogen-bond acceptors (Lipinski definition) is 5. The molecule has 110 valence electrons. The van der Waals surface area contributed by atoms with E-state index in [1.807, 2.05) is 4.52 Å². The SMILES string of the molecule is CC(C)(C)c1nnc2sc(CCC3CCNCC3)nn12. The van der Waals surface area contributed by atoms with Crippen LogP contribution in [0.5, 0.6) is 0 Å². The Hall–Kier alpha value is -1.01. The normalized spacial score (nSPS) is 17.9. The minimum Gasteiger partial charge on any atom is -0.317 e. The van der Waals surface area contributed by atoms with Gasteiger partial charge >= 0.3 is 0 Å². The van der Waals surface area contributed by atoms with E-state index in [4.69, 9.17) is 5.10 Å². The molecule has 0 amide bonds. The summed E-state index contributed by atoms with van der Waals surface area (Å²) in [4.78, 5) is 0.926. The van der Waals surface area contributed by atoms with Crippen molar-refractivity contribution in [1.82, 2.24) is 25.1 Å². The van der Waals surface area contributed by atoms with E-state index < -0.39 is 0 Å². The van der Waals surface area contributed by atoms with Crippen LogP contribution in [-0.4, -0.2) is 32.9 Å². The van der Waals surface area contributed by atoms with Crippen LogP contribution in [-0.2, 0) is 11.8 Å². The van der Waals surface area contributed by atoms with Gasteiger partial charge in [0.25, 0.3) is 0 Å². The maximum Gasteiger partial charge on any atom is 0.234 e. The highest BCUT2D eigenvalue weighted by Gasteiger charge is 2.23. The molecular formula is C14H23N5S. The molecule has 3 rings (SSSR count). The van der Waals surface area contributed by atoms with Gasteiger partial charge in [-0.25, -0.2) is 0 Å². The second-order valence-electron chi connectivity index (χ2n) is 6.70. The molecule has 0 spiro atoms. The maximum atomic E-state index is 4.72. The molecule has 2 aromatic heterocycles. The van der Waals surface area contributed by atoms with Gasteiger partial charge in [0.05, 0.1) is 0 Å². The van der Waals surface area contributed by atoms with Crippen LogP contribution in [0.15, 0.2) is 0 Å². The van der Waals surface area contributed by atoms with Crippen LogP contribution in [0.25, 0.3) is 4.96 Å². The number of hydrogen-bond donors (Lipinski definition) is 1. The Morgan fingerprint density at radius 2 is 2.00 bits per heavy atom. The summed E-state index contributed by atoms with van der Waals surface area (Å²) in [5, 5.41) is 17.9. The third-order valence-electron chi connectivity index (χ3n) is 3.93. The summed E-state index contributed by atoms with van der Waals surface area (Å²) in [6.07, 6.45) is 4.92. The van der Waals surface area contributed by atoms with Crippen LogP contribution in [0.2, 0.25) is 0 Å². The maximum absolute atomic E-state index is 4.72. The van der Waals surface area contributed by atoms with Crippen LogP contribution < -0.4 is 5.32 Å². The number of piperidine rings is 1. The van der Waals surface area contributed by atoms with Gasteiger partial charge in [0, 0.05) is 11.8 Å². The average Bonchev–Trinajstić information content (AvgIpc) is 2.95. The molecule has 0 bridgehead atoms. The van der Waals surface area contributed by atoms with Crippen molar-refractivity contribution >= 4 is 16.3 Å². The third kappa shape index (κ3) is 2.86. The zero-order chi connectivity index (χ0) is 14.2. The van der Waals surface area contributed by atoms with Crippen molar-refractivity contribution in [3.8, 4) is 0 Å². The van der Waals surface area contributed by atoms with Crippen molar-refractivity contribution in [2.24, 2.45) is 5.92 Å². The molecule has 1 saturated heterocycles. The zero-order valence-corrected chi connectivity index (χ0v) is 13.3. The molecule has 6 heteroatoms. The van der Waals surface area contributed by atoms with E-state index >= 15 is 0 Å². The van der Waals surface area contributed by atoms with Gasteiger partial charge < -0.3 is 5.32 Å². The highest BCUT2D eigenvalue weighted by molar-refractivity contribution is 7.16. The van der Waals surface area contributed by atoms with E-state index in [2.05, 4.69) is 36.3 Å². The molecule has 0 unspecified atom stereocenters. The molecule has 5 nitrogen and oxygen atoms in total. The van der Waals surface area contributed by atoms with E-state index in [0.717, 1.165) is 23.1 Å². The summed E-state index contributed by atoms with van der Waals surface area (Å²) >= 11 is 1.69. The predicted octanol–water partition coefficient (Wildman–Crippen LogP) is 2.42. The molecule has 0 aromatic carbocycles. The lowest BCUT2D eigenvalue weighted by Crippen LogP contribution is -2.27. The Balaban J connectivity index is 1.71. The van der Waals surface area contributed by atoms with E-state index in [-0.39, 0.29) is 5.41 Å². The Bertz CT molecular complexity index is 574. The second kappa shape index (κ2) is 5.41. The predicted molar refractivity (Wildman–Crippen MR) is 81.3 cm³/mol. The summed E-state index contributed by atoms with van der Waals surface area (Å²) in [6, 6.07) is 0. The van der Waals surface area contributed by atoms with Crippen molar-refractivity contribution < 1.29 is 0 Å². The van der Waals surface area contributed by atoms with Crippen molar-refractivity contribution in [3.05, 3.63) is 10.8 Å². The second-order valence-corrected chi connectivity index (χ2v) is 7.74. The number of aromatic nitrogens is 4. The fourth-order valence-electron chi connectivity index (χ4n) is 2.72. The summed E-state index contributed by atoms with van der Waals surface area (Å²) in [5.41, 5.74) is -0.0141. The van der Waals surface area contributed by atoms with Crippen molar-refractivity contribution in [2.45, 2.75) is 51.9 Å². The monoisotopic (exact) mass is 293 g/mol. The van der Waals surface area contributed by atoms with Gasteiger partial charge in [-0.3, -0.25) is 0 Å². The van der Waals surface area contributed by atoms with Gasteiger partial charge in [-0.1, -0.05) is 32.1 Å².